The van der Waals surface area contributed by atoms with Gasteiger partial charge < -0.3 is 10.1 Å². The number of benzene rings is 1. The summed E-state index contributed by atoms with van der Waals surface area (Å²) in [5, 5.41) is 11.5. The summed E-state index contributed by atoms with van der Waals surface area (Å²) in [6, 6.07) is 9.61. The largest absolute Gasteiger partial charge is 0.377 e. The highest BCUT2D eigenvalue weighted by atomic mass is 16.5. The Morgan fingerprint density at radius 2 is 2.10 bits per heavy atom. The first-order chi connectivity index (χ1) is 10.3. The molecule has 0 saturated carbocycles. The Bertz CT molecular complexity index is 730. The number of aromatic nitrogens is 5. The summed E-state index contributed by atoms with van der Waals surface area (Å²) in [6.07, 6.45) is 0. The topological polar surface area (TPSA) is 77.8 Å². The second-order valence-corrected chi connectivity index (χ2v) is 4.48. The molecule has 7 nitrogen and oxygen atoms in total. The van der Waals surface area contributed by atoms with E-state index in [0.717, 1.165) is 23.4 Å². The number of anilines is 1. The molecule has 108 valence electrons. The van der Waals surface area contributed by atoms with Crippen molar-refractivity contribution >= 4 is 16.9 Å². The van der Waals surface area contributed by atoms with E-state index >= 15 is 0 Å². The van der Waals surface area contributed by atoms with Crippen molar-refractivity contribution in [2.45, 2.75) is 13.5 Å². The number of nitrogens with one attached hydrogen (secondary N) is 1. The van der Waals surface area contributed by atoms with Gasteiger partial charge in [-0.05, 0) is 19.1 Å². The van der Waals surface area contributed by atoms with Crippen LogP contribution in [0.5, 0.6) is 0 Å². The molecule has 1 aromatic carbocycles. The number of nitrogens with zero attached hydrogens (tertiary/aromatic N) is 5. The molecule has 0 aliphatic heterocycles. The van der Waals surface area contributed by atoms with Gasteiger partial charge in [-0.3, -0.25) is 0 Å². The van der Waals surface area contributed by atoms with Gasteiger partial charge in [0.1, 0.15) is 17.9 Å². The van der Waals surface area contributed by atoms with Crippen molar-refractivity contribution < 1.29 is 4.74 Å². The lowest BCUT2D eigenvalue weighted by Gasteiger charge is -2.08. The Balaban J connectivity index is 2.11. The standard InChI is InChI=1S/C14H16N6O/c1-3-15-12-8-14(17-13(16-12)9-21-2)20-11-7-5-4-6-10(11)18-19-20/h4-8H,3,9H2,1-2H3,(H,15,16,17). The predicted molar refractivity (Wildman–Crippen MR) is 79.3 cm³/mol. The van der Waals surface area contributed by atoms with Crippen molar-refractivity contribution in [1.29, 1.82) is 0 Å². The fourth-order valence-electron chi connectivity index (χ4n) is 2.10. The molecule has 21 heavy (non-hydrogen) atoms. The number of hydrogen-bond donors (Lipinski definition) is 1. The minimum atomic E-state index is 0.346. The first-order valence-electron chi connectivity index (χ1n) is 6.73. The van der Waals surface area contributed by atoms with Crippen LogP contribution in [0.3, 0.4) is 0 Å². The Morgan fingerprint density at radius 3 is 2.90 bits per heavy atom. The molecule has 0 spiro atoms. The van der Waals surface area contributed by atoms with Gasteiger partial charge in [0.15, 0.2) is 11.6 Å². The maximum absolute atomic E-state index is 5.12. The average Bonchev–Trinajstić information content (AvgIpc) is 2.92. The molecule has 0 fully saturated rings. The summed E-state index contributed by atoms with van der Waals surface area (Å²) >= 11 is 0. The molecule has 3 aromatic rings. The maximum Gasteiger partial charge on any atom is 0.161 e. The van der Waals surface area contributed by atoms with Gasteiger partial charge in [0.2, 0.25) is 0 Å². The third-order valence-corrected chi connectivity index (χ3v) is 2.96. The molecular weight excluding hydrogens is 268 g/mol. The third-order valence-electron chi connectivity index (χ3n) is 2.96. The van der Waals surface area contributed by atoms with Crippen molar-refractivity contribution in [3.63, 3.8) is 0 Å². The number of fused-ring (bicyclic) bond motifs is 1. The minimum absolute atomic E-state index is 0.346. The van der Waals surface area contributed by atoms with Gasteiger partial charge in [-0.1, -0.05) is 17.3 Å². The molecule has 0 unspecified atom stereocenters. The zero-order valence-electron chi connectivity index (χ0n) is 11.9. The van der Waals surface area contributed by atoms with Gasteiger partial charge in [-0.25, -0.2) is 9.97 Å². The van der Waals surface area contributed by atoms with E-state index in [4.69, 9.17) is 4.74 Å². The summed E-state index contributed by atoms with van der Waals surface area (Å²) in [7, 11) is 1.62. The Morgan fingerprint density at radius 1 is 1.24 bits per heavy atom. The van der Waals surface area contributed by atoms with E-state index in [2.05, 4.69) is 25.6 Å². The molecule has 7 heteroatoms. The summed E-state index contributed by atoms with van der Waals surface area (Å²) in [5.74, 6) is 2.02. The number of hydrogen-bond acceptors (Lipinski definition) is 6. The van der Waals surface area contributed by atoms with E-state index in [1.54, 1.807) is 11.8 Å². The molecule has 3 rings (SSSR count). The van der Waals surface area contributed by atoms with Crippen LogP contribution in [0.25, 0.3) is 16.9 Å². The predicted octanol–water partition coefficient (Wildman–Crippen LogP) is 1.79. The van der Waals surface area contributed by atoms with Gasteiger partial charge in [-0.2, -0.15) is 4.68 Å². The molecule has 0 amide bonds. The van der Waals surface area contributed by atoms with Crippen LogP contribution in [0.15, 0.2) is 30.3 Å². The van der Waals surface area contributed by atoms with Gasteiger partial charge >= 0.3 is 0 Å². The molecule has 0 aliphatic carbocycles. The van der Waals surface area contributed by atoms with Crippen LogP contribution in [0.4, 0.5) is 5.82 Å². The molecule has 0 bridgehead atoms. The third kappa shape index (κ3) is 2.68. The van der Waals surface area contributed by atoms with Crippen molar-refractivity contribution in [1.82, 2.24) is 25.0 Å². The van der Waals surface area contributed by atoms with E-state index in [9.17, 15) is 0 Å². The van der Waals surface area contributed by atoms with Crippen LogP contribution in [0, 0.1) is 0 Å². The Labute approximate surface area is 122 Å². The Kier molecular flexibility index (Phi) is 3.74. The fourth-order valence-corrected chi connectivity index (χ4v) is 2.10. The number of methoxy groups -OCH3 is 1. The lowest BCUT2D eigenvalue weighted by Crippen LogP contribution is -2.09. The molecular formula is C14H16N6O. The molecule has 0 radical (unpaired) electrons. The van der Waals surface area contributed by atoms with E-state index in [0.29, 0.717) is 18.2 Å². The van der Waals surface area contributed by atoms with E-state index in [-0.39, 0.29) is 0 Å². The van der Waals surface area contributed by atoms with Gasteiger partial charge in [0, 0.05) is 19.7 Å². The first-order valence-corrected chi connectivity index (χ1v) is 6.73. The number of ether oxygens (including phenoxy) is 1. The monoisotopic (exact) mass is 284 g/mol. The van der Waals surface area contributed by atoms with Crippen molar-refractivity contribution in [3.8, 4) is 5.82 Å². The zero-order chi connectivity index (χ0) is 14.7. The second kappa shape index (κ2) is 5.84. The highest BCUT2D eigenvalue weighted by Gasteiger charge is 2.10. The quantitative estimate of drug-likeness (QED) is 0.769. The minimum Gasteiger partial charge on any atom is -0.377 e. The van der Waals surface area contributed by atoms with Crippen LogP contribution >= 0.6 is 0 Å². The van der Waals surface area contributed by atoms with Crippen LogP contribution in [-0.4, -0.2) is 38.6 Å². The SMILES string of the molecule is CCNc1cc(-n2nnc3ccccc32)nc(COC)n1. The van der Waals surface area contributed by atoms with Crippen LogP contribution in [0.2, 0.25) is 0 Å². The Hall–Kier alpha value is -2.54. The lowest BCUT2D eigenvalue weighted by atomic mass is 10.3. The zero-order valence-corrected chi connectivity index (χ0v) is 11.9. The number of rotatable bonds is 5. The highest BCUT2D eigenvalue weighted by Crippen LogP contribution is 2.17. The molecule has 0 saturated heterocycles. The van der Waals surface area contributed by atoms with Crippen molar-refractivity contribution in [2.75, 3.05) is 19.0 Å². The lowest BCUT2D eigenvalue weighted by molar-refractivity contribution is 0.178. The molecule has 1 N–H and O–H groups in total. The smallest absolute Gasteiger partial charge is 0.161 e. The second-order valence-electron chi connectivity index (χ2n) is 4.48. The van der Waals surface area contributed by atoms with Gasteiger partial charge in [0.05, 0.1) is 5.52 Å². The van der Waals surface area contributed by atoms with Crippen LogP contribution < -0.4 is 5.32 Å². The summed E-state index contributed by atoms with van der Waals surface area (Å²) < 4.78 is 6.83. The summed E-state index contributed by atoms with van der Waals surface area (Å²) in [6.45, 7) is 3.14. The highest BCUT2D eigenvalue weighted by molar-refractivity contribution is 5.75. The molecule has 0 aliphatic rings. The van der Waals surface area contributed by atoms with Crippen molar-refractivity contribution in [3.05, 3.63) is 36.2 Å². The summed E-state index contributed by atoms with van der Waals surface area (Å²) in [4.78, 5) is 8.88. The van der Waals surface area contributed by atoms with Gasteiger partial charge in [0.25, 0.3) is 0 Å². The maximum atomic E-state index is 5.12. The van der Waals surface area contributed by atoms with Crippen molar-refractivity contribution in [2.24, 2.45) is 0 Å². The van der Waals surface area contributed by atoms with Crippen LogP contribution in [0.1, 0.15) is 12.7 Å². The van der Waals surface area contributed by atoms with Crippen LogP contribution in [-0.2, 0) is 11.3 Å². The van der Waals surface area contributed by atoms with E-state index in [1.807, 2.05) is 37.3 Å². The summed E-state index contributed by atoms with van der Waals surface area (Å²) in [5.41, 5.74) is 1.73. The molecule has 2 aromatic heterocycles. The normalized spacial score (nSPS) is 11.0. The molecule has 0 atom stereocenters. The molecule has 2 heterocycles. The fraction of sp³-hybridized carbons (Fsp3) is 0.286. The van der Waals surface area contributed by atoms with E-state index in [1.165, 1.54) is 0 Å². The average molecular weight is 284 g/mol. The van der Waals surface area contributed by atoms with E-state index < -0.39 is 0 Å². The number of para-hydroxylation sites is 1. The first kappa shape index (κ1) is 13.4. The van der Waals surface area contributed by atoms with Gasteiger partial charge in [-0.15, -0.1) is 5.10 Å².